The van der Waals surface area contributed by atoms with Crippen molar-refractivity contribution in [2.24, 2.45) is 5.73 Å². The molecule has 1 aromatic carbocycles. The predicted octanol–water partition coefficient (Wildman–Crippen LogP) is 2.29. The van der Waals surface area contributed by atoms with E-state index in [9.17, 15) is 9.36 Å². The monoisotopic (exact) mass is 328 g/mol. The fourth-order valence-electron chi connectivity index (χ4n) is 1.93. The average Bonchev–Trinajstić information content (AvgIpc) is 2.52. The predicted molar refractivity (Wildman–Crippen MR) is 86.6 cm³/mol. The van der Waals surface area contributed by atoms with Gasteiger partial charge < -0.3 is 20.1 Å². The number of carbonyl (C=O) groups is 1. The Morgan fingerprint density at radius 2 is 1.82 bits per heavy atom. The lowest BCUT2D eigenvalue weighted by Gasteiger charge is -2.19. The molecule has 0 radical (unpaired) electrons. The zero-order valence-corrected chi connectivity index (χ0v) is 14.1. The van der Waals surface area contributed by atoms with Gasteiger partial charge in [0.1, 0.15) is 6.29 Å². The molecule has 0 unspecified atom stereocenters. The summed E-state index contributed by atoms with van der Waals surface area (Å²) in [7, 11) is -3.28. The second kappa shape index (κ2) is 9.74. The summed E-state index contributed by atoms with van der Waals surface area (Å²) in [6.45, 7) is 3.96. The molecular formula is C15H25N2O4P. The van der Waals surface area contributed by atoms with Crippen LogP contribution < -0.4 is 11.1 Å². The molecule has 3 N–H and O–H groups in total. The summed E-state index contributed by atoms with van der Waals surface area (Å²) < 4.78 is 22.4. The molecule has 6 nitrogen and oxygen atoms in total. The molecule has 0 spiro atoms. The highest BCUT2D eigenvalue weighted by Gasteiger charge is 2.25. The third-order valence-corrected chi connectivity index (χ3v) is 4.87. The number of carbonyl (C=O) groups excluding carboxylic acids is 1. The Balaban J connectivity index is 2.41. The molecule has 0 heterocycles. The summed E-state index contributed by atoms with van der Waals surface area (Å²) in [5, 5.41) is 2.55. The quantitative estimate of drug-likeness (QED) is 0.643. The molecule has 0 aliphatic heterocycles. The summed E-state index contributed by atoms with van der Waals surface area (Å²) in [6.07, 6.45) is 1.07. The lowest BCUT2D eigenvalue weighted by atomic mass is 10.1. The molecule has 22 heavy (non-hydrogen) atoms. The Morgan fingerprint density at radius 3 is 2.36 bits per heavy atom. The molecule has 1 rings (SSSR count). The minimum Gasteiger partial charge on any atom is -0.343 e. The SMILES string of the molecule is CCOP(=O)(CNC(=O)[C@@H](N)CCc1ccccc1)OCC. The van der Waals surface area contributed by atoms with Crippen molar-refractivity contribution in [3.63, 3.8) is 0 Å². The molecule has 0 saturated heterocycles. The molecule has 0 aliphatic carbocycles. The van der Waals surface area contributed by atoms with E-state index in [1.54, 1.807) is 13.8 Å². The molecule has 0 aromatic heterocycles. The normalized spacial score (nSPS) is 12.9. The largest absolute Gasteiger partial charge is 0.349 e. The van der Waals surface area contributed by atoms with Crippen molar-refractivity contribution in [1.29, 1.82) is 0 Å². The van der Waals surface area contributed by atoms with E-state index in [4.69, 9.17) is 14.8 Å². The smallest absolute Gasteiger partial charge is 0.343 e. The third-order valence-electron chi connectivity index (χ3n) is 3.02. The molecule has 124 valence electrons. The molecule has 1 aromatic rings. The highest BCUT2D eigenvalue weighted by atomic mass is 31.2. The van der Waals surface area contributed by atoms with Crippen molar-refractivity contribution in [2.45, 2.75) is 32.7 Å². The van der Waals surface area contributed by atoms with Crippen LogP contribution in [-0.2, 0) is 24.8 Å². The van der Waals surface area contributed by atoms with Crippen molar-refractivity contribution in [3.8, 4) is 0 Å². The number of amides is 1. The number of rotatable bonds is 10. The number of hydrogen-bond donors (Lipinski definition) is 2. The minimum absolute atomic E-state index is 0.160. The Hall–Kier alpha value is -1.20. The van der Waals surface area contributed by atoms with E-state index in [0.29, 0.717) is 12.8 Å². The summed E-state index contributed by atoms with van der Waals surface area (Å²) in [6, 6.07) is 9.15. The van der Waals surface area contributed by atoms with Crippen molar-refractivity contribution in [2.75, 3.05) is 19.5 Å². The standard InChI is InChI=1S/C15H25N2O4P/c1-3-20-22(19,21-4-2)12-17-15(18)14(16)11-10-13-8-6-5-7-9-13/h5-9,14H,3-4,10-12,16H2,1-2H3,(H,17,18)/t14-/m0/s1. The number of hydrogen-bond acceptors (Lipinski definition) is 5. The van der Waals surface area contributed by atoms with Crippen LogP contribution in [0.2, 0.25) is 0 Å². The first kappa shape index (κ1) is 18.8. The number of aryl methyl sites for hydroxylation is 1. The summed E-state index contributed by atoms with van der Waals surface area (Å²) in [4.78, 5) is 12.0. The van der Waals surface area contributed by atoms with Crippen LogP contribution in [0.1, 0.15) is 25.8 Å². The topological polar surface area (TPSA) is 90.7 Å². The first-order chi connectivity index (χ1) is 10.5. The highest BCUT2D eigenvalue weighted by molar-refractivity contribution is 7.53. The van der Waals surface area contributed by atoms with Crippen LogP contribution in [0.15, 0.2) is 30.3 Å². The average molecular weight is 328 g/mol. The summed E-state index contributed by atoms with van der Waals surface area (Å²) in [5.41, 5.74) is 6.98. The van der Waals surface area contributed by atoms with Gasteiger partial charge >= 0.3 is 7.60 Å². The van der Waals surface area contributed by atoms with Gasteiger partial charge in [-0.25, -0.2) is 0 Å². The summed E-state index contributed by atoms with van der Waals surface area (Å²) in [5.74, 6) is -0.351. The maximum Gasteiger partial charge on any atom is 0.349 e. The second-order valence-corrected chi connectivity index (χ2v) is 6.83. The molecule has 1 atom stereocenters. The van der Waals surface area contributed by atoms with Crippen molar-refractivity contribution in [3.05, 3.63) is 35.9 Å². The molecule has 0 aliphatic rings. The number of nitrogens with one attached hydrogen (secondary N) is 1. The summed E-state index contributed by atoms with van der Waals surface area (Å²) >= 11 is 0. The Bertz CT molecular complexity index is 486. The van der Waals surface area contributed by atoms with Crippen molar-refractivity contribution in [1.82, 2.24) is 5.32 Å². The van der Waals surface area contributed by atoms with Gasteiger partial charge in [0.15, 0.2) is 0 Å². The minimum atomic E-state index is -3.28. The van der Waals surface area contributed by atoms with Crippen LogP contribution in [0.3, 0.4) is 0 Å². The Morgan fingerprint density at radius 1 is 1.23 bits per heavy atom. The van der Waals surface area contributed by atoms with E-state index < -0.39 is 13.6 Å². The van der Waals surface area contributed by atoms with E-state index in [1.807, 2.05) is 30.3 Å². The maximum absolute atomic E-state index is 12.2. The zero-order chi connectivity index (χ0) is 16.4. The van der Waals surface area contributed by atoms with E-state index in [0.717, 1.165) is 5.56 Å². The lowest BCUT2D eigenvalue weighted by molar-refractivity contribution is -0.122. The first-order valence-corrected chi connectivity index (χ1v) is 9.19. The molecule has 0 bridgehead atoms. The molecule has 0 fully saturated rings. The molecule has 7 heteroatoms. The van der Waals surface area contributed by atoms with Crippen LogP contribution in [-0.4, -0.2) is 31.4 Å². The van der Waals surface area contributed by atoms with E-state index in [1.165, 1.54) is 0 Å². The van der Waals surface area contributed by atoms with Gasteiger partial charge in [-0.05, 0) is 32.3 Å². The number of benzene rings is 1. The highest BCUT2D eigenvalue weighted by Crippen LogP contribution is 2.46. The Labute approximate surface area is 131 Å². The maximum atomic E-state index is 12.2. The van der Waals surface area contributed by atoms with Crippen molar-refractivity contribution < 1.29 is 18.4 Å². The van der Waals surface area contributed by atoms with Gasteiger partial charge in [0.05, 0.1) is 19.3 Å². The van der Waals surface area contributed by atoms with Gasteiger partial charge in [0.2, 0.25) is 5.91 Å². The van der Waals surface area contributed by atoms with Gasteiger partial charge in [-0.15, -0.1) is 0 Å². The molecule has 0 saturated carbocycles. The number of nitrogens with two attached hydrogens (primary N) is 1. The van der Waals surface area contributed by atoms with Crippen LogP contribution in [0.4, 0.5) is 0 Å². The van der Waals surface area contributed by atoms with Crippen LogP contribution in [0, 0.1) is 0 Å². The van der Waals surface area contributed by atoms with E-state index in [-0.39, 0.29) is 25.4 Å². The first-order valence-electron chi connectivity index (χ1n) is 7.46. The van der Waals surface area contributed by atoms with E-state index >= 15 is 0 Å². The van der Waals surface area contributed by atoms with Crippen LogP contribution in [0.25, 0.3) is 0 Å². The van der Waals surface area contributed by atoms with Crippen LogP contribution in [0.5, 0.6) is 0 Å². The molecular weight excluding hydrogens is 303 g/mol. The van der Waals surface area contributed by atoms with Gasteiger partial charge in [-0.1, -0.05) is 30.3 Å². The van der Waals surface area contributed by atoms with Gasteiger partial charge in [-0.3, -0.25) is 9.36 Å². The van der Waals surface area contributed by atoms with E-state index in [2.05, 4.69) is 5.32 Å². The molecule has 1 amide bonds. The zero-order valence-electron chi connectivity index (χ0n) is 13.2. The Kier molecular flexibility index (Phi) is 8.35. The lowest BCUT2D eigenvalue weighted by Crippen LogP contribution is -2.41. The van der Waals surface area contributed by atoms with Gasteiger partial charge in [-0.2, -0.15) is 0 Å². The fourth-order valence-corrected chi connectivity index (χ4v) is 3.32. The van der Waals surface area contributed by atoms with Crippen LogP contribution >= 0.6 is 7.60 Å². The van der Waals surface area contributed by atoms with Crippen molar-refractivity contribution >= 4 is 13.5 Å². The second-order valence-electron chi connectivity index (χ2n) is 4.78. The van der Waals surface area contributed by atoms with Gasteiger partial charge in [0, 0.05) is 0 Å². The fraction of sp³-hybridized carbons (Fsp3) is 0.533. The van der Waals surface area contributed by atoms with Gasteiger partial charge in [0.25, 0.3) is 0 Å². The third kappa shape index (κ3) is 6.71.